The lowest BCUT2D eigenvalue weighted by Gasteiger charge is -2.13. The number of methoxy groups -OCH3 is 1. The van der Waals surface area contributed by atoms with Crippen LogP contribution >= 0.6 is 0 Å². The van der Waals surface area contributed by atoms with Crippen molar-refractivity contribution in [2.45, 2.75) is 6.10 Å². The number of hydrogen-bond acceptors (Lipinski definition) is 4. The SMILES string of the molecule is COc1cccc(OCC(=O)NCC(O)c2ccc(F)cc2)c1. The predicted octanol–water partition coefficient (Wildman–Crippen LogP) is 2.06. The second-order valence-electron chi connectivity index (χ2n) is 4.84. The summed E-state index contributed by atoms with van der Waals surface area (Å²) in [7, 11) is 1.54. The molecule has 5 nitrogen and oxygen atoms in total. The van der Waals surface area contributed by atoms with Crippen molar-refractivity contribution in [2.75, 3.05) is 20.3 Å². The van der Waals surface area contributed by atoms with Gasteiger partial charge in [0.1, 0.15) is 17.3 Å². The van der Waals surface area contributed by atoms with E-state index in [2.05, 4.69) is 5.32 Å². The molecular formula is C17H18FNO4. The van der Waals surface area contributed by atoms with Gasteiger partial charge >= 0.3 is 0 Å². The minimum atomic E-state index is -0.906. The number of ether oxygens (including phenoxy) is 2. The monoisotopic (exact) mass is 319 g/mol. The number of benzene rings is 2. The van der Waals surface area contributed by atoms with Gasteiger partial charge < -0.3 is 19.9 Å². The number of amides is 1. The van der Waals surface area contributed by atoms with Gasteiger partial charge in [-0.15, -0.1) is 0 Å². The Labute approximate surface area is 133 Å². The van der Waals surface area contributed by atoms with Gasteiger partial charge in [-0.05, 0) is 29.8 Å². The Balaban J connectivity index is 1.77. The van der Waals surface area contributed by atoms with Crippen molar-refractivity contribution >= 4 is 5.91 Å². The number of aliphatic hydroxyl groups is 1. The molecule has 2 aromatic carbocycles. The van der Waals surface area contributed by atoms with Gasteiger partial charge in [-0.25, -0.2) is 4.39 Å². The molecular weight excluding hydrogens is 301 g/mol. The second kappa shape index (κ2) is 8.14. The van der Waals surface area contributed by atoms with Gasteiger partial charge in [0.25, 0.3) is 5.91 Å². The summed E-state index contributed by atoms with van der Waals surface area (Å²) in [4.78, 5) is 11.7. The minimum absolute atomic E-state index is 0.0198. The average Bonchev–Trinajstić information content (AvgIpc) is 2.58. The smallest absolute Gasteiger partial charge is 0.258 e. The van der Waals surface area contributed by atoms with Crippen LogP contribution in [0.15, 0.2) is 48.5 Å². The Morgan fingerprint density at radius 3 is 2.61 bits per heavy atom. The third-order valence-corrected chi connectivity index (χ3v) is 3.16. The lowest BCUT2D eigenvalue weighted by Crippen LogP contribution is -2.32. The van der Waals surface area contributed by atoms with E-state index in [1.165, 1.54) is 24.3 Å². The molecule has 0 bridgehead atoms. The van der Waals surface area contributed by atoms with E-state index in [0.29, 0.717) is 17.1 Å². The van der Waals surface area contributed by atoms with Gasteiger partial charge in [-0.1, -0.05) is 18.2 Å². The van der Waals surface area contributed by atoms with E-state index in [1.54, 1.807) is 31.4 Å². The quantitative estimate of drug-likeness (QED) is 0.820. The summed E-state index contributed by atoms with van der Waals surface area (Å²) < 4.78 is 23.2. The van der Waals surface area contributed by atoms with Crippen LogP contribution in [0.25, 0.3) is 0 Å². The van der Waals surface area contributed by atoms with Crippen molar-refractivity contribution in [3.8, 4) is 11.5 Å². The molecule has 2 aromatic rings. The van der Waals surface area contributed by atoms with E-state index in [9.17, 15) is 14.3 Å². The first-order valence-corrected chi connectivity index (χ1v) is 7.05. The molecule has 122 valence electrons. The largest absolute Gasteiger partial charge is 0.497 e. The predicted molar refractivity (Wildman–Crippen MR) is 82.9 cm³/mol. The van der Waals surface area contributed by atoms with E-state index in [-0.39, 0.29) is 24.9 Å². The van der Waals surface area contributed by atoms with Crippen molar-refractivity contribution in [3.63, 3.8) is 0 Å². The minimum Gasteiger partial charge on any atom is -0.497 e. The zero-order chi connectivity index (χ0) is 16.7. The molecule has 2 N–H and O–H groups in total. The van der Waals surface area contributed by atoms with Crippen molar-refractivity contribution in [1.82, 2.24) is 5.32 Å². The molecule has 1 unspecified atom stereocenters. The summed E-state index contributed by atoms with van der Waals surface area (Å²) in [5, 5.41) is 12.5. The van der Waals surface area contributed by atoms with E-state index >= 15 is 0 Å². The molecule has 0 fully saturated rings. The topological polar surface area (TPSA) is 67.8 Å². The van der Waals surface area contributed by atoms with Crippen molar-refractivity contribution in [3.05, 3.63) is 59.9 Å². The number of rotatable bonds is 7. The lowest BCUT2D eigenvalue weighted by molar-refractivity contribution is -0.123. The third-order valence-electron chi connectivity index (χ3n) is 3.16. The molecule has 6 heteroatoms. The summed E-state index contributed by atoms with van der Waals surface area (Å²) in [6, 6.07) is 12.4. The van der Waals surface area contributed by atoms with Crippen molar-refractivity contribution < 1.29 is 23.8 Å². The van der Waals surface area contributed by atoms with Crippen molar-refractivity contribution in [2.24, 2.45) is 0 Å². The normalized spacial score (nSPS) is 11.6. The molecule has 0 aliphatic carbocycles. The maximum Gasteiger partial charge on any atom is 0.258 e. The zero-order valence-electron chi connectivity index (χ0n) is 12.7. The second-order valence-corrected chi connectivity index (χ2v) is 4.84. The van der Waals surface area contributed by atoms with Crippen LogP contribution in [0.2, 0.25) is 0 Å². The van der Waals surface area contributed by atoms with Gasteiger partial charge in [-0.2, -0.15) is 0 Å². The van der Waals surface area contributed by atoms with Gasteiger partial charge in [0, 0.05) is 12.6 Å². The number of hydrogen-bond donors (Lipinski definition) is 2. The molecule has 0 radical (unpaired) electrons. The number of carbonyl (C=O) groups excluding carboxylic acids is 1. The fraction of sp³-hybridized carbons (Fsp3) is 0.235. The van der Waals surface area contributed by atoms with E-state index in [4.69, 9.17) is 9.47 Å². The Morgan fingerprint density at radius 1 is 1.22 bits per heavy atom. The van der Waals surface area contributed by atoms with Crippen LogP contribution in [0, 0.1) is 5.82 Å². The van der Waals surface area contributed by atoms with Gasteiger partial charge in [0.2, 0.25) is 0 Å². The standard InChI is InChI=1S/C17H18FNO4/c1-22-14-3-2-4-15(9-14)23-11-17(21)19-10-16(20)12-5-7-13(18)8-6-12/h2-9,16,20H,10-11H2,1H3,(H,19,21). The highest BCUT2D eigenvalue weighted by Gasteiger charge is 2.10. The number of halogens is 1. The highest BCUT2D eigenvalue weighted by Crippen LogP contribution is 2.18. The molecule has 0 aromatic heterocycles. The van der Waals surface area contributed by atoms with E-state index < -0.39 is 6.10 Å². The zero-order valence-corrected chi connectivity index (χ0v) is 12.7. The van der Waals surface area contributed by atoms with Crippen LogP contribution in [-0.4, -0.2) is 31.3 Å². The first-order valence-electron chi connectivity index (χ1n) is 7.05. The van der Waals surface area contributed by atoms with Crippen LogP contribution < -0.4 is 14.8 Å². The molecule has 0 saturated heterocycles. The Morgan fingerprint density at radius 2 is 1.91 bits per heavy atom. The maximum absolute atomic E-state index is 12.8. The summed E-state index contributed by atoms with van der Waals surface area (Å²) in [6.45, 7) is -0.157. The third kappa shape index (κ3) is 5.27. The van der Waals surface area contributed by atoms with Gasteiger partial charge in [0.15, 0.2) is 6.61 Å². The lowest BCUT2D eigenvalue weighted by atomic mass is 10.1. The summed E-state index contributed by atoms with van der Waals surface area (Å²) in [6.07, 6.45) is -0.906. The van der Waals surface area contributed by atoms with Crippen LogP contribution in [0.4, 0.5) is 4.39 Å². The molecule has 1 atom stereocenters. The number of aliphatic hydroxyl groups excluding tert-OH is 1. The maximum atomic E-state index is 12.8. The summed E-state index contributed by atoms with van der Waals surface area (Å²) in [5.41, 5.74) is 0.528. The number of nitrogens with one attached hydrogen (secondary N) is 1. The van der Waals surface area contributed by atoms with Crippen molar-refractivity contribution in [1.29, 1.82) is 0 Å². The molecule has 0 heterocycles. The van der Waals surface area contributed by atoms with Crippen LogP contribution in [0.3, 0.4) is 0 Å². The van der Waals surface area contributed by atoms with Gasteiger partial charge in [0.05, 0.1) is 13.2 Å². The van der Waals surface area contributed by atoms with E-state index in [1.807, 2.05) is 0 Å². The fourth-order valence-corrected chi connectivity index (χ4v) is 1.90. The molecule has 0 saturated carbocycles. The molecule has 0 aliphatic heterocycles. The van der Waals surface area contributed by atoms with Gasteiger partial charge in [-0.3, -0.25) is 4.79 Å². The highest BCUT2D eigenvalue weighted by molar-refractivity contribution is 5.77. The summed E-state index contributed by atoms with van der Waals surface area (Å²) in [5.74, 6) is 0.402. The fourth-order valence-electron chi connectivity index (χ4n) is 1.90. The Kier molecular flexibility index (Phi) is 5.94. The molecule has 1 amide bonds. The first-order chi connectivity index (χ1) is 11.1. The summed E-state index contributed by atoms with van der Waals surface area (Å²) >= 11 is 0. The molecule has 2 rings (SSSR count). The Bertz CT molecular complexity index is 645. The van der Waals surface area contributed by atoms with Crippen LogP contribution in [0.1, 0.15) is 11.7 Å². The van der Waals surface area contributed by atoms with Crippen LogP contribution in [0.5, 0.6) is 11.5 Å². The average molecular weight is 319 g/mol. The first kappa shape index (κ1) is 16.8. The molecule has 0 aliphatic rings. The number of carbonyl (C=O) groups is 1. The molecule has 23 heavy (non-hydrogen) atoms. The molecule has 0 spiro atoms. The Hall–Kier alpha value is -2.60. The van der Waals surface area contributed by atoms with Crippen LogP contribution in [-0.2, 0) is 4.79 Å². The van der Waals surface area contributed by atoms with E-state index in [0.717, 1.165) is 0 Å². The highest BCUT2D eigenvalue weighted by atomic mass is 19.1.